The highest BCUT2D eigenvalue weighted by molar-refractivity contribution is 6.43. The minimum absolute atomic E-state index is 0.0671. The monoisotopic (exact) mass is 214 g/mol. The van der Waals surface area contributed by atoms with Gasteiger partial charge in [-0.25, -0.2) is 0 Å². The van der Waals surface area contributed by atoms with Gasteiger partial charge < -0.3 is 0 Å². The van der Waals surface area contributed by atoms with Crippen molar-refractivity contribution in [1.82, 2.24) is 0 Å². The van der Waals surface area contributed by atoms with Crippen LogP contribution in [0.5, 0.6) is 0 Å². The summed E-state index contributed by atoms with van der Waals surface area (Å²) >= 11 is 11.6. The van der Waals surface area contributed by atoms with E-state index in [4.69, 9.17) is 23.2 Å². The first-order chi connectivity index (χ1) is 6.16. The van der Waals surface area contributed by atoms with Gasteiger partial charge in [-0.3, -0.25) is 4.79 Å². The van der Waals surface area contributed by atoms with Gasteiger partial charge in [-0.05, 0) is 12.1 Å². The molecule has 0 unspecified atom stereocenters. The van der Waals surface area contributed by atoms with Gasteiger partial charge in [-0.15, -0.1) is 6.58 Å². The van der Waals surface area contributed by atoms with Crippen molar-refractivity contribution < 1.29 is 4.79 Å². The molecule has 0 aliphatic carbocycles. The molecule has 1 rings (SSSR count). The Morgan fingerprint density at radius 2 is 2.15 bits per heavy atom. The highest BCUT2D eigenvalue weighted by Gasteiger charge is 2.10. The number of hydrogen-bond donors (Lipinski definition) is 0. The van der Waals surface area contributed by atoms with Crippen molar-refractivity contribution in [3.05, 3.63) is 46.5 Å². The van der Waals surface area contributed by atoms with Crippen LogP contribution in [-0.4, -0.2) is 5.78 Å². The van der Waals surface area contributed by atoms with Gasteiger partial charge in [0.15, 0.2) is 5.78 Å². The summed E-state index contributed by atoms with van der Waals surface area (Å²) in [6.45, 7) is 3.48. The Hall–Kier alpha value is -0.790. The normalized spacial score (nSPS) is 9.69. The van der Waals surface area contributed by atoms with Crippen LogP contribution in [0.3, 0.4) is 0 Å². The lowest BCUT2D eigenvalue weighted by Crippen LogP contribution is -1.97. The third kappa shape index (κ3) is 2.33. The van der Waals surface area contributed by atoms with Gasteiger partial charge in [0, 0.05) is 12.0 Å². The molecule has 0 radical (unpaired) electrons. The molecule has 0 aliphatic rings. The minimum Gasteiger partial charge on any atom is -0.294 e. The van der Waals surface area contributed by atoms with Crippen LogP contribution < -0.4 is 0 Å². The van der Waals surface area contributed by atoms with Gasteiger partial charge in [-0.2, -0.15) is 0 Å². The zero-order valence-corrected chi connectivity index (χ0v) is 8.40. The minimum atomic E-state index is -0.0671. The molecular weight excluding hydrogens is 207 g/mol. The summed E-state index contributed by atoms with van der Waals surface area (Å²) in [6.07, 6.45) is 1.82. The van der Waals surface area contributed by atoms with Crippen LogP contribution in [0.15, 0.2) is 30.9 Å². The lowest BCUT2D eigenvalue weighted by Gasteiger charge is -2.02. The zero-order valence-electron chi connectivity index (χ0n) is 6.89. The fourth-order valence-corrected chi connectivity index (χ4v) is 1.37. The van der Waals surface area contributed by atoms with E-state index in [2.05, 4.69) is 6.58 Å². The second kappa shape index (κ2) is 4.45. The van der Waals surface area contributed by atoms with Crippen LogP contribution in [0, 0.1) is 0 Å². The molecule has 0 aromatic heterocycles. The number of carbonyl (C=O) groups is 1. The molecule has 0 aliphatic heterocycles. The summed E-state index contributed by atoms with van der Waals surface area (Å²) in [7, 11) is 0. The Balaban J connectivity index is 3.07. The summed E-state index contributed by atoms with van der Waals surface area (Å²) < 4.78 is 0. The van der Waals surface area contributed by atoms with E-state index >= 15 is 0 Å². The second-order valence-electron chi connectivity index (χ2n) is 2.52. The highest BCUT2D eigenvalue weighted by Crippen LogP contribution is 2.26. The summed E-state index contributed by atoms with van der Waals surface area (Å²) in [5.41, 5.74) is 0.453. The first-order valence-electron chi connectivity index (χ1n) is 3.75. The van der Waals surface area contributed by atoms with E-state index in [1.165, 1.54) is 0 Å². The quantitative estimate of drug-likeness (QED) is 0.554. The van der Waals surface area contributed by atoms with Crippen LogP contribution in [0.25, 0.3) is 0 Å². The molecule has 1 nitrogen and oxygen atoms in total. The molecule has 0 amide bonds. The number of rotatable bonds is 3. The Labute approximate surface area is 87.0 Å². The molecule has 3 heteroatoms. The number of carbonyl (C=O) groups excluding carboxylic acids is 1. The number of benzene rings is 1. The smallest absolute Gasteiger partial charge is 0.168 e. The van der Waals surface area contributed by atoms with Crippen LogP contribution >= 0.6 is 23.2 Å². The highest BCUT2D eigenvalue weighted by atomic mass is 35.5. The van der Waals surface area contributed by atoms with Gasteiger partial charge in [0.25, 0.3) is 0 Å². The fourth-order valence-electron chi connectivity index (χ4n) is 0.960. The maximum Gasteiger partial charge on any atom is 0.168 e. The van der Waals surface area contributed by atoms with Crippen molar-refractivity contribution in [3.63, 3.8) is 0 Å². The Kier molecular flexibility index (Phi) is 3.52. The Morgan fingerprint density at radius 1 is 1.46 bits per heavy atom. The van der Waals surface area contributed by atoms with E-state index in [1.54, 1.807) is 24.3 Å². The molecular formula is C10H8Cl2O. The van der Waals surface area contributed by atoms with Crippen molar-refractivity contribution in [2.45, 2.75) is 6.42 Å². The molecule has 0 atom stereocenters. The topological polar surface area (TPSA) is 17.1 Å². The zero-order chi connectivity index (χ0) is 9.84. The predicted molar refractivity (Wildman–Crippen MR) is 55.6 cm³/mol. The molecule has 0 saturated carbocycles. The Morgan fingerprint density at radius 3 is 2.77 bits per heavy atom. The molecule has 1 aromatic carbocycles. The van der Waals surface area contributed by atoms with Crippen molar-refractivity contribution in [3.8, 4) is 0 Å². The molecule has 68 valence electrons. The SMILES string of the molecule is C=CCC(=O)c1cccc(Cl)c1Cl. The third-order valence-corrected chi connectivity index (χ3v) is 2.40. The standard InChI is InChI=1S/C10H8Cl2O/c1-2-4-9(13)7-5-3-6-8(11)10(7)12/h2-3,5-6H,1,4H2. The Bertz CT molecular complexity index is 345. The number of hydrogen-bond acceptors (Lipinski definition) is 1. The lowest BCUT2D eigenvalue weighted by atomic mass is 10.1. The average molecular weight is 215 g/mol. The third-order valence-electron chi connectivity index (χ3n) is 1.58. The van der Waals surface area contributed by atoms with E-state index in [9.17, 15) is 4.79 Å². The van der Waals surface area contributed by atoms with Crippen molar-refractivity contribution >= 4 is 29.0 Å². The van der Waals surface area contributed by atoms with Gasteiger partial charge in [0.1, 0.15) is 0 Å². The van der Waals surface area contributed by atoms with E-state index < -0.39 is 0 Å². The predicted octanol–water partition coefficient (Wildman–Crippen LogP) is 3.75. The molecule has 0 spiro atoms. The molecule has 0 N–H and O–H groups in total. The number of ketones is 1. The van der Waals surface area contributed by atoms with Crippen molar-refractivity contribution in [2.24, 2.45) is 0 Å². The number of allylic oxidation sites excluding steroid dienone is 1. The fraction of sp³-hybridized carbons (Fsp3) is 0.100. The molecule has 0 fully saturated rings. The summed E-state index contributed by atoms with van der Waals surface area (Å²) in [5, 5.41) is 0.715. The van der Waals surface area contributed by atoms with Crippen LogP contribution in [0.4, 0.5) is 0 Å². The van der Waals surface area contributed by atoms with Crippen molar-refractivity contribution in [1.29, 1.82) is 0 Å². The maximum absolute atomic E-state index is 11.4. The molecule has 0 saturated heterocycles. The van der Waals surface area contributed by atoms with Gasteiger partial charge >= 0.3 is 0 Å². The molecule has 1 aromatic rings. The van der Waals surface area contributed by atoms with Gasteiger partial charge in [-0.1, -0.05) is 35.3 Å². The summed E-state index contributed by atoms with van der Waals surface area (Å²) in [6, 6.07) is 5.00. The van der Waals surface area contributed by atoms with Crippen molar-refractivity contribution in [2.75, 3.05) is 0 Å². The van der Waals surface area contributed by atoms with Crippen LogP contribution in [-0.2, 0) is 0 Å². The largest absolute Gasteiger partial charge is 0.294 e. The maximum atomic E-state index is 11.4. The summed E-state index contributed by atoms with van der Waals surface area (Å²) in [5.74, 6) is -0.0671. The lowest BCUT2D eigenvalue weighted by molar-refractivity contribution is 0.0996. The van der Waals surface area contributed by atoms with Crippen LogP contribution in [0.1, 0.15) is 16.8 Å². The first-order valence-corrected chi connectivity index (χ1v) is 4.50. The number of halogens is 2. The molecule has 0 bridgehead atoms. The van der Waals surface area contributed by atoms with E-state index in [0.717, 1.165) is 0 Å². The van der Waals surface area contributed by atoms with Gasteiger partial charge in [0.2, 0.25) is 0 Å². The van der Waals surface area contributed by atoms with E-state index in [0.29, 0.717) is 15.6 Å². The van der Waals surface area contributed by atoms with Gasteiger partial charge in [0.05, 0.1) is 10.0 Å². The summed E-state index contributed by atoms with van der Waals surface area (Å²) in [4.78, 5) is 11.4. The number of Topliss-reactive ketones (excluding diaryl/α,β-unsaturated/α-hetero) is 1. The average Bonchev–Trinajstić information content (AvgIpc) is 2.10. The molecule has 0 heterocycles. The van der Waals surface area contributed by atoms with E-state index in [-0.39, 0.29) is 12.2 Å². The first kappa shape index (κ1) is 10.3. The van der Waals surface area contributed by atoms with E-state index in [1.807, 2.05) is 0 Å². The second-order valence-corrected chi connectivity index (χ2v) is 3.30. The molecule has 13 heavy (non-hydrogen) atoms. The van der Waals surface area contributed by atoms with Crippen LogP contribution in [0.2, 0.25) is 10.0 Å².